The third-order valence-corrected chi connectivity index (χ3v) is 15.9. The van der Waals surface area contributed by atoms with Gasteiger partial charge in [0.15, 0.2) is 34.5 Å². The van der Waals surface area contributed by atoms with Gasteiger partial charge in [-0.05, 0) is 151 Å². The van der Waals surface area contributed by atoms with Crippen LogP contribution >= 0.6 is 0 Å². The molecule has 5 unspecified atom stereocenters. The number of methoxy groups -OCH3 is 6. The predicted molar refractivity (Wildman–Crippen MR) is 306 cm³/mol. The highest BCUT2D eigenvalue weighted by molar-refractivity contribution is 5.83. The van der Waals surface area contributed by atoms with E-state index in [1.54, 1.807) is 42.7 Å². The lowest BCUT2D eigenvalue weighted by atomic mass is 9.79. The fourth-order valence-electron chi connectivity index (χ4n) is 12.6. The Bertz CT molecular complexity index is 2100. The fraction of sp³-hybridized carbons (Fsp3) is 0.694. The summed E-state index contributed by atoms with van der Waals surface area (Å²) in [6, 6.07) is 13.4. The van der Waals surface area contributed by atoms with E-state index in [1.165, 1.54) is 33.4 Å². The lowest BCUT2D eigenvalue weighted by Gasteiger charge is -2.46. The highest BCUT2D eigenvalue weighted by atomic mass is 16.5. The van der Waals surface area contributed by atoms with Crippen LogP contribution in [0.25, 0.3) is 0 Å². The second-order valence-electron chi connectivity index (χ2n) is 21.9. The van der Waals surface area contributed by atoms with E-state index in [2.05, 4.69) is 92.6 Å². The third kappa shape index (κ3) is 14.9. The van der Waals surface area contributed by atoms with E-state index < -0.39 is 0 Å². The molecular weight excluding hydrogens is 931 g/mol. The molecule has 6 heterocycles. The van der Waals surface area contributed by atoms with Crippen LogP contribution in [0, 0.1) is 35.5 Å². The number of hydrogen-bond donors (Lipinski definition) is 2. The minimum absolute atomic E-state index is 0. The summed E-state index contributed by atoms with van der Waals surface area (Å²) in [5.41, 5.74) is 7.80. The van der Waals surface area contributed by atoms with Crippen LogP contribution in [0.3, 0.4) is 0 Å². The number of hydrogen-bond acceptors (Lipinski definition) is 12. The topological polar surface area (TPSA) is 123 Å². The number of rotatable bonds is 12. The number of piperidine rings is 3. The lowest BCUT2D eigenvalue weighted by molar-refractivity contribution is -0.129. The fourth-order valence-corrected chi connectivity index (χ4v) is 12.6. The number of carbonyl (C=O) groups excluding carboxylic acids is 1. The summed E-state index contributed by atoms with van der Waals surface area (Å²) < 4.78 is 32.7. The molecule has 0 saturated carbocycles. The summed E-state index contributed by atoms with van der Waals surface area (Å²) >= 11 is 0. The van der Waals surface area contributed by atoms with Crippen LogP contribution in [0.15, 0.2) is 36.4 Å². The number of Topliss-reactive ketones (excluding diaryl/α,β-unsaturated/α-hetero) is 1. The van der Waals surface area contributed by atoms with Crippen molar-refractivity contribution in [1.29, 1.82) is 0 Å². The molecule has 0 radical (unpaired) electrons. The van der Waals surface area contributed by atoms with Gasteiger partial charge in [-0.25, -0.2) is 0 Å². The first-order valence-corrected chi connectivity index (χ1v) is 25.9. The molecule has 2 N–H and O–H groups in total. The van der Waals surface area contributed by atoms with Crippen LogP contribution in [-0.2, 0) is 24.1 Å². The summed E-state index contributed by atoms with van der Waals surface area (Å²) in [7, 11) is 10.1. The first-order chi connectivity index (χ1) is 33.1. The van der Waals surface area contributed by atoms with Crippen LogP contribution in [0.4, 0.5) is 0 Å². The molecule has 74 heavy (non-hydrogen) atoms. The minimum atomic E-state index is -0.210. The molecule has 0 amide bonds. The number of ether oxygens (including phenoxy) is 6. The van der Waals surface area contributed by atoms with E-state index in [4.69, 9.17) is 28.4 Å². The minimum Gasteiger partial charge on any atom is -0.493 e. The Kier molecular flexibility index (Phi) is 26.3. The molecule has 0 spiro atoms. The van der Waals surface area contributed by atoms with E-state index >= 15 is 0 Å². The maximum atomic E-state index is 12.6. The van der Waals surface area contributed by atoms with Gasteiger partial charge < -0.3 is 38.6 Å². The van der Waals surface area contributed by atoms with Gasteiger partial charge >= 0.3 is 0 Å². The average Bonchev–Trinajstić information content (AvgIpc) is 3.33. The van der Waals surface area contributed by atoms with Crippen LogP contribution in [0.1, 0.15) is 169 Å². The zero-order valence-electron chi connectivity index (χ0n) is 44.0. The normalized spacial score (nSPS) is 24.6. The van der Waals surface area contributed by atoms with Gasteiger partial charge in [-0.2, -0.15) is 0 Å². The Morgan fingerprint density at radius 3 is 1.07 bits per heavy atom. The van der Waals surface area contributed by atoms with Gasteiger partial charge in [0, 0.05) is 69.7 Å². The van der Waals surface area contributed by atoms with Crippen molar-refractivity contribution >= 4 is 5.78 Å². The molecule has 3 aromatic carbocycles. The Labute approximate surface area is 450 Å². The summed E-state index contributed by atoms with van der Waals surface area (Å²) in [5, 5.41) is 21.3. The number of fused-ring (bicyclic) bond motifs is 9. The van der Waals surface area contributed by atoms with Gasteiger partial charge in [0.2, 0.25) is 0 Å². The van der Waals surface area contributed by atoms with Crippen molar-refractivity contribution < 1.29 is 43.4 Å². The van der Waals surface area contributed by atoms with Crippen molar-refractivity contribution in [2.45, 2.75) is 167 Å². The van der Waals surface area contributed by atoms with Gasteiger partial charge in [-0.3, -0.25) is 19.5 Å². The van der Waals surface area contributed by atoms with Crippen LogP contribution in [0.5, 0.6) is 34.5 Å². The maximum absolute atomic E-state index is 12.6. The van der Waals surface area contributed by atoms with Crippen molar-refractivity contribution in [2.75, 3.05) is 81.9 Å². The number of aliphatic hydroxyl groups is 2. The number of nitrogens with zero attached hydrogens (tertiary/aromatic N) is 3. The van der Waals surface area contributed by atoms with E-state index in [1.807, 2.05) is 0 Å². The van der Waals surface area contributed by atoms with Crippen molar-refractivity contribution in [1.82, 2.24) is 14.7 Å². The molecular formula is C62H105N3O9. The molecule has 3 saturated heterocycles. The monoisotopic (exact) mass is 1040 g/mol. The molecule has 8 atom stereocenters. The van der Waals surface area contributed by atoms with Gasteiger partial charge in [0.1, 0.15) is 5.78 Å². The number of aliphatic hydroxyl groups excluding tert-OH is 2. The molecule has 422 valence electrons. The highest BCUT2D eigenvalue weighted by Gasteiger charge is 2.41. The molecule has 12 heteroatoms. The molecule has 6 aliphatic rings. The summed E-state index contributed by atoms with van der Waals surface area (Å²) in [4.78, 5) is 20.2. The first-order valence-electron chi connectivity index (χ1n) is 25.9. The third-order valence-electron chi connectivity index (χ3n) is 15.9. The smallest absolute Gasteiger partial charge is 0.161 e. The van der Waals surface area contributed by atoms with Gasteiger partial charge in [0.25, 0.3) is 0 Å². The van der Waals surface area contributed by atoms with E-state index in [0.717, 1.165) is 125 Å². The Hall–Kier alpha value is -4.07. The molecule has 0 aliphatic carbocycles. The largest absolute Gasteiger partial charge is 0.493 e. The van der Waals surface area contributed by atoms with E-state index in [0.29, 0.717) is 53.9 Å². The van der Waals surface area contributed by atoms with Crippen molar-refractivity contribution in [3.63, 3.8) is 0 Å². The summed E-state index contributed by atoms with van der Waals surface area (Å²) in [6.07, 6.45) is 8.13. The van der Waals surface area contributed by atoms with Gasteiger partial charge in [-0.1, -0.05) is 78.7 Å². The predicted octanol–water partition coefficient (Wildman–Crippen LogP) is 12.5. The zero-order valence-corrected chi connectivity index (χ0v) is 44.0. The summed E-state index contributed by atoms with van der Waals surface area (Å²) in [5.74, 6) is 7.95. The van der Waals surface area contributed by atoms with Crippen LogP contribution < -0.4 is 28.4 Å². The lowest BCUT2D eigenvalue weighted by Crippen LogP contribution is -2.48. The number of carbonyl (C=O) groups is 1. The maximum Gasteiger partial charge on any atom is 0.161 e. The van der Waals surface area contributed by atoms with Crippen molar-refractivity contribution in [3.05, 3.63) is 69.8 Å². The molecule has 3 fully saturated rings. The standard InChI is InChI=1S/2C19H29NO3.C19H27NO3.5CH4/c3*1-12(2)7-14-11-20-6-5-13-8-18(22-3)19(23-4)9-15(13)16(20)10-17(14)21;;;;;/h2*8-9,12,14,16-17,21H,5-7,10-11H2,1-4H3;8-9,12,14,16H,5-7,10-11H2,1-4H3;5*1H4/t14-,16-,17+;;;;;;;/m1......./s1. The Morgan fingerprint density at radius 2 is 0.757 bits per heavy atom. The second kappa shape index (κ2) is 29.4. The second-order valence-corrected chi connectivity index (χ2v) is 21.9. The molecule has 12 nitrogen and oxygen atoms in total. The number of benzene rings is 3. The SMILES string of the molecule is C.C.C.C.C.COc1cc2c(cc1OC)C1CC(=O)C(CC(C)C)CN1CC2.COc1cc2c(cc1OC)C1CC(O)C(CC(C)C)CN1CC2.COc1cc2c(cc1OC)[C@H]1C[C@H](O)[C@H](CC(C)C)CN1CC2. The van der Waals surface area contributed by atoms with Gasteiger partial charge in [-0.15, -0.1) is 0 Å². The van der Waals surface area contributed by atoms with Crippen LogP contribution in [-0.4, -0.2) is 125 Å². The molecule has 0 bridgehead atoms. The summed E-state index contributed by atoms with van der Waals surface area (Å²) in [6.45, 7) is 19.4. The van der Waals surface area contributed by atoms with E-state index in [-0.39, 0.29) is 61.3 Å². The van der Waals surface area contributed by atoms with Crippen molar-refractivity contribution in [3.8, 4) is 34.5 Å². The number of ketones is 1. The first kappa shape index (κ1) is 66.0. The highest BCUT2D eigenvalue weighted by Crippen LogP contribution is 2.46. The Morgan fingerprint density at radius 1 is 0.459 bits per heavy atom. The molecule has 6 aliphatic heterocycles. The van der Waals surface area contributed by atoms with Crippen molar-refractivity contribution in [2.24, 2.45) is 35.5 Å². The van der Waals surface area contributed by atoms with E-state index in [9.17, 15) is 15.0 Å². The molecule has 0 aromatic heterocycles. The van der Waals surface area contributed by atoms with Crippen LogP contribution in [0.2, 0.25) is 0 Å². The quantitative estimate of drug-likeness (QED) is 0.180. The zero-order chi connectivity index (χ0) is 49.7. The molecule has 3 aromatic rings. The molecule has 9 rings (SSSR count). The van der Waals surface area contributed by atoms with Gasteiger partial charge in [0.05, 0.1) is 54.9 Å². The average molecular weight is 1040 g/mol. The Balaban J connectivity index is 0.000000368.